The Morgan fingerprint density at radius 3 is 2.71 bits per heavy atom. The van der Waals surface area contributed by atoms with Crippen LogP contribution in [0.25, 0.3) is 0 Å². The van der Waals surface area contributed by atoms with Gasteiger partial charge in [-0.1, -0.05) is 19.9 Å². The number of allylic oxidation sites excluding steroid dienone is 1. The highest BCUT2D eigenvalue weighted by molar-refractivity contribution is 5.46. The standard InChI is InChI=1S/C14H23N3/c1-5-12(10(2)3)7-6-8-13-14(15)11(4)16-9-17-13/h5,9-10,12H,1,6-8,15H2,2-4H3. The van der Waals surface area contributed by atoms with Crippen molar-refractivity contribution >= 4 is 5.69 Å². The number of nitrogen functional groups attached to an aromatic ring is 1. The molecule has 0 aromatic carbocycles. The van der Waals surface area contributed by atoms with Crippen LogP contribution < -0.4 is 5.73 Å². The van der Waals surface area contributed by atoms with E-state index in [9.17, 15) is 0 Å². The maximum Gasteiger partial charge on any atom is 0.116 e. The largest absolute Gasteiger partial charge is 0.396 e. The summed E-state index contributed by atoms with van der Waals surface area (Å²) in [6, 6.07) is 0. The predicted octanol–water partition coefficient (Wildman–Crippen LogP) is 3.15. The monoisotopic (exact) mass is 233 g/mol. The van der Waals surface area contributed by atoms with Crippen LogP contribution in [0.15, 0.2) is 19.0 Å². The fraction of sp³-hybridized carbons (Fsp3) is 0.571. The average Bonchev–Trinajstić information content (AvgIpc) is 2.29. The van der Waals surface area contributed by atoms with Crippen molar-refractivity contribution in [3.8, 4) is 0 Å². The zero-order valence-corrected chi connectivity index (χ0v) is 11.1. The van der Waals surface area contributed by atoms with Crippen LogP contribution in [-0.2, 0) is 6.42 Å². The van der Waals surface area contributed by atoms with E-state index < -0.39 is 0 Å². The van der Waals surface area contributed by atoms with E-state index in [0.717, 1.165) is 36.3 Å². The number of aromatic nitrogens is 2. The van der Waals surface area contributed by atoms with Gasteiger partial charge in [-0.25, -0.2) is 9.97 Å². The molecule has 0 saturated heterocycles. The second kappa shape index (κ2) is 6.38. The third kappa shape index (κ3) is 3.84. The van der Waals surface area contributed by atoms with Gasteiger partial charge in [0.25, 0.3) is 0 Å². The van der Waals surface area contributed by atoms with Gasteiger partial charge in [0.1, 0.15) is 6.33 Å². The van der Waals surface area contributed by atoms with Crippen molar-refractivity contribution < 1.29 is 0 Å². The molecule has 3 nitrogen and oxygen atoms in total. The number of nitrogens with two attached hydrogens (primary N) is 1. The summed E-state index contributed by atoms with van der Waals surface area (Å²) in [4.78, 5) is 8.32. The van der Waals surface area contributed by atoms with E-state index >= 15 is 0 Å². The zero-order chi connectivity index (χ0) is 12.8. The highest BCUT2D eigenvalue weighted by Crippen LogP contribution is 2.20. The molecule has 94 valence electrons. The summed E-state index contributed by atoms with van der Waals surface area (Å²) in [6.45, 7) is 10.3. The van der Waals surface area contributed by atoms with Crippen molar-refractivity contribution in [2.24, 2.45) is 11.8 Å². The summed E-state index contributed by atoms with van der Waals surface area (Å²) >= 11 is 0. The second-order valence-corrected chi connectivity index (χ2v) is 4.86. The molecular formula is C14H23N3. The van der Waals surface area contributed by atoms with E-state index in [4.69, 9.17) is 5.73 Å². The maximum absolute atomic E-state index is 5.95. The van der Waals surface area contributed by atoms with Gasteiger partial charge < -0.3 is 5.73 Å². The Kier molecular flexibility index (Phi) is 5.13. The van der Waals surface area contributed by atoms with E-state index in [1.54, 1.807) is 6.33 Å². The highest BCUT2D eigenvalue weighted by atomic mass is 14.9. The van der Waals surface area contributed by atoms with Crippen molar-refractivity contribution in [2.75, 3.05) is 5.73 Å². The summed E-state index contributed by atoms with van der Waals surface area (Å²) in [5, 5.41) is 0. The van der Waals surface area contributed by atoms with E-state index in [1.807, 2.05) is 6.92 Å². The van der Waals surface area contributed by atoms with Crippen LogP contribution in [0, 0.1) is 18.8 Å². The first-order valence-corrected chi connectivity index (χ1v) is 6.24. The van der Waals surface area contributed by atoms with Crippen molar-refractivity contribution in [1.29, 1.82) is 0 Å². The van der Waals surface area contributed by atoms with Crippen molar-refractivity contribution in [3.05, 3.63) is 30.4 Å². The molecule has 0 fully saturated rings. The van der Waals surface area contributed by atoms with Gasteiger partial charge in [0.15, 0.2) is 0 Å². The molecule has 0 saturated carbocycles. The van der Waals surface area contributed by atoms with Gasteiger partial charge in [0.05, 0.1) is 17.1 Å². The van der Waals surface area contributed by atoms with Crippen molar-refractivity contribution in [1.82, 2.24) is 9.97 Å². The Morgan fingerprint density at radius 1 is 1.41 bits per heavy atom. The van der Waals surface area contributed by atoms with Gasteiger partial charge in [-0.3, -0.25) is 0 Å². The minimum absolute atomic E-state index is 0.583. The van der Waals surface area contributed by atoms with E-state index in [2.05, 4.69) is 36.5 Å². The van der Waals surface area contributed by atoms with Gasteiger partial charge in [-0.15, -0.1) is 6.58 Å². The van der Waals surface area contributed by atoms with E-state index in [-0.39, 0.29) is 0 Å². The number of aryl methyl sites for hydroxylation is 2. The van der Waals surface area contributed by atoms with Gasteiger partial charge in [0.2, 0.25) is 0 Å². The summed E-state index contributed by atoms with van der Waals surface area (Å²) in [7, 11) is 0. The summed E-state index contributed by atoms with van der Waals surface area (Å²) in [6.07, 6.45) is 6.80. The first kappa shape index (κ1) is 13.7. The minimum atomic E-state index is 0.583. The Hall–Kier alpha value is -1.38. The fourth-order valence-corrected chi connectivity index (χ4v) is 1.96. The van der Waals surface area contributed by atoms with Gasteiger partial charge in [0, 0.05) is 0 Å². The lowest BCUT2D eigenvalue weighted by Crippen LogP contribution is -2.07. The number of hydrogen-bond donors (Lipinski definition) is 1. The van der Waals surface area contributed by atoms with Gasteiger partial charge in [-0.2, -0.15) is 0 Å². The topological polar surface area (TPSA) is 51.8 Å². The molecule has 1 aromatic rings. The lowest BCUT2D eigenvalue weighted by Gasteiger charge is -2.16. The van der Waals surface area contributed by atoms with E-state index in [1.165, 1.54) is 0 Å². The molecule has 1 atom stereocenters. The van der Waals surface area contributed by atoms with Crippen LogP contribution >= 0.6 is 0 Å². The molecule has 2 N–H and O–H groups in total. The van der Waals surface area contributed by atoms with Crippen LogP contribution in [0.4, 0.5) is 5.69 Å². The van der Waals surface area contributed by atoms with Crippen molar-refractivity contribution in [2.45, 2.75) is 40.0 Å². The first-order chi connectivity index (χ1) is 8.06. The SMILES string of the molecule is C=CC(CCCc1ncnc(C)c1N)C(C)C. The number of nitrogens with zero attached hydrogens (tertiary/aromatic N) is 2. The molecule has 0 aliphatic heterocycles. The molecule has 0 amide bonds. The number of hydrogen-bond acceptors (Lipinski definition) is 3. The quantitative estimate of drug-likeness (QED) is 0.768. The molecule has 1 aromatic heterocycles. The summed E-state index contributed by atoms with van der Waals surface area (Å²) in [5.41, 5.74) is 8.54. The van der Waals surface area contributed by atoms with Crippen LogP contribution in [0.5, 0.6) is 0 Å². The predicted molar refractivity (Wildman–Crippen MR) is 72.6 cm³/mol. The molecule has 0 bridgehead atoms. The summed E-state index contributed by atoms with van der Waals surface area (Å²) in [5.74, 6) is 1.23. The molecule has 0 radical (unpaired) electrons. The molecule has 0 aliphatic rings. The summed E-state index contributed by atoms with van der Waals surface area (Å²) < 4.78 is 0. The first-order valence-electron chi connectivity index (χ1n) is 6.24. The molecule has 0 spiro atoms. The average molecular weight is 233 g/mol. The van der Waals surface area contributed by atoms with Gasteiger partial charge >= 0.3 is 0 Å². The van der Waals surface area contributed by atoms with Crippen molar-refractivity contribution in [3.63, 3.8) is 0 Å². The van der Waals surface area contributed by atoms with Crippen LogP contribution in [0.1, 0.15) is 38.1 Å². The molecule has 1 unspecified atom stereocenters. The molecule has 0 aliphatic carbocycles. The molecule has 1 heterocycles. The number of anilines is 1. The molecule has 17 heavy (non-hydrogen) atoms. The zero-order valence-electron chi connectivity index (χ0n) is 11.1. The highest BCUT2D eigenvalue weighted by Gasteiger charge is 2.10. The minimum Gasteiger partial charge on any atom is -0.396 e. The van der Waals surface area contributed by atoms with Crippen LogP contribution in [0.2, 0.25) is 0 Å². The lowest BCUT2D eigenvalue weighted by molar-refractivity contribution is 0.424. The van der Waals surface area contributed by atoms with Crippen LogP contribution in [0.3, 0.4) is 0 Å². The van der Waals surface area contributed by atoms with E-state index in [0.29, 0.717) is 11.8 Å². The Balaban J connectivity index is 2.51. The smallest absolute Gasteiger partial charge is 0.116 e. The third-order valence-electron chi connectivity index (χ3n) is 3.28. The molecule has 1 rings (SSSR count). The molecule has 3 heteroatoms. The fourth-order valence-electron chi connectivity index (χ4n) is 1.96. The third-order valence-corrected chi connectivity index (χ3v) is 3.28. The molecular weight excluding hydrogens is 210 g/mol. The Bertz CT molecular complexity index is 372. The normalized spacial score (nSPS) is 12.7. The maximum atomic E-state index is 5.95. The van der Waals surface area contributed by atoms with Crippen LogP contribution in [-0.4, -0.2) is 9.97 Å². The Morgan fingerprint density at radius 2 is 2.12 bits per heavy atom. The second-order valence-electron chi connectivity index (χ2n) is 4.86. The Labute approximate surface area is 104 Å². The number of rotatable bonds is 6. The lowest BCUT2D eigenvalue weighted by atomic mass is 9.90. The van der Waals surface area contributed by atoms with Gasteiger partial charge in [-0.05, 0) is 38.0 Å².